The van der Waals surface area contributed by atoms with Crippen LogP contribution in [0, 0.1) is 0 Å². The summed E-state index contributed by atoms with van der Waals surface area (Å²) < 4.78 is 15.5. The molecule has 7 nitrogen and oxygen atoms in total. The monoisotopic (exact) mass is 427 g/mol. The molecule has 0 spiro atoms. The fourth-order valence-corrected chi connectivity index (χ4v) is 5.31. The van der Waals surface area contributed by atoms with Crippen molar-refractivity contribution in [1.29, 1.82) is 0 Å². The van der Waals surface area contributed by atoms with Crippen LogP contribution in [0.15, 0.2) is 24.3 Å². The van der Waals surface area contributed by atoms with Gasteiger partial charge in [0.15, 0.2) is 6.61 Å². The zero-order chi connectivity index (χ0) is 20.4. The molecule has 0 aromatic heterocycles. The molecule has 0 atom stereocenters. The van der Waals surface area contributed by atoms with E-state index in [4.69, 9.17) is 14.2 Å². The van der Waals surface area contributed by atoms with Crippen LogP contribution >= 0.6 is 23.5 Å². The molecule has 1 aliphatic rings. The zero-order valence-corrected chi connectivity index (χ0v) is 17.6. The lowest BCUT2D eigenvalue weighted by Crippen LogP contribution is -2.49. The van der Waals surface area contributed by atoms with Gasteiger partial charge in [0, 0.05) is 0 Å². The lowest BCUT2D eigenvalue weighted by molar-refractivity contribution is -0.159. The molecule has 1 N–H and O–H groups in total. The highest BCUT2D eigenvalue weighted by Crippen LogP contribution is 2.43. The van der Waals surface area contributed by atoms with Crippen LogP contribution in [0.4, 0.5) is 0 Å². The van der Waals surface area contributed by atoms with Gasteiger partial charge in [0.25, 0.3) is 5.91 Å². The molecule has 0 unspecified atom stereocenters. The summed E-state index contributed by atoms with van der Waals surface area (Å²) in [6.07, 6.45) is 1.24. The Balaban J connectivity index is 1.87. The van der Waals surface area contributed by atoms with Gasteiger partial charge in [-0.1, -0.05) is 12.1 Å². The maximum Gasteiger partial charge on any atom is 0.340 e. The van der Waals surface area contributed by atoms with Gasteiger partial charge in [-0.15, -0.1) is 23.5 Å². The van der Waals surface area contributed by atoms with Crippen molar-refractivity contribution in [3.05, 3.63) is 29.8 Å². The van der Waals surface area contributed by atoms with Gasteiger partial charge in [-0.25, -0.2) is 9.59 Å². The second-order valence-corrected chi connectivity index (χ2v) is 8.51. The van der Waals surface area contributed by atoms with E-state index >= 15 is 0 Å². The minimum Gasteiger partial charge on any atom is -0.484 e. The largest absolute Gasteiger partial charge is 0.484 e. The van der Waals surface area contributed by atoms with E-state index in [1.807, 2.05) is 47.8 Å². The van der Waals surface area contributed by atoms with E-state index in [1.54, 1.807) is 13.8 Å². The van der Waals surface area contributed by atoms with Crippen LogP contribution in [0.2, 0.25) is 0 Å². The Hall–Kier alpha value is -1.87. The number of carbonyl (C=O) groups is 3. The van der Waals surface area contributed by atoms with Crippen LogP contribution in [0.25, 0.3) is 0 Å². The molecule has 1 aromatic rings. The Labute approximate surface area is 173 Å². The number of hydrogen-bond acceptors (Lipinski definition) is 8. The van der Waals surface area contributed by atoms with Crippen LogP contribution in [-0.4, -0.2) is 55.2 Å². The number of thioether (sulfide) groups is 2. The Kier molecular flexibility index (Phi) is 9.49. The number of benzene rings is 1. The summed E-state index contributed by atoms with van der Waals surface area (Å²) in [5, 5.41) is 2.30. The first-order valence-electron chi connectivity index (χ1n) is 9.13. The van der Waals surface area contributed by atoms with E-state index in [-0.39, 0.29) is 19.8 Å². The highest BCUT2D eigenvalue weighted by molar-refractivity contribution is 8.16. The summed E-state index contributed by atoms with van der Waals surface area (Å²) in [6.45, 7) is 3.07. The normalized spacial score (nSPS) is 14.4. The number of rotatable bonds is 9. The van der Waals surface area contributed by atoms with E-state index in [0.717, 1.165) is 11.5 Å². The van der Waals surface area contributed by atoms with Crippen molar-refractivity contribution in [2.24, 2.45) is 0 Å². The van der Waals surface area contributed by atoms with Crippen LogP contribution in [-0.2, 0) is 23.9 Å². The maximum atomic E-state index is 12.1. The third-order valence-corrected chi connectivity index (χ3v) is 6.71. The van der Waals surface area contributed by atoms with Crippen LogP contribution < -0.4 is 10.1 Å². The Morgan fingerprint density at radius 1 is 1.04 bits per heavy atom. The first kappa shape index (κ1) is 22.4. The van der Waals surface area contributed by atoms with Gasteiger partial charge in [0.1, 0.15) is 5.75 Å². The first-order chi connectivity index (χ1) is 13.5. The summed E-state index contributed by atoms with van der Waals surface area (Å²) in [7, 11) is 0. The summed E-state index contributed by atoms with van der Waals surface area (Å²) in [5.41, 5.74) is 1.22. The highest BCUT2D eigenvalue weighted by Gasteiger charge is 2.31. The third-order valence-electron chi connectivity index (χ3n) is 3.70. The fourth-order valence-electron chi connectivity index (χ4n) is 2.42. The minimum atomic E-state index is -1.50. The number of hydrogen-bond donors (Lipinski definition) is 1. The Bertz CT molecular complexity index is 643. The second-order valence-electron chi connectivity index (χ2n) is 5.79. The molecule has 0 radical (unpaired) electrons. The Morgan fingerprint density at radius 2 is 1.61 bits per heavy atom. The minimum absolute atomic E-state index is 0.0883. The molecule has 1 aromatic carbocycles. The first-order valence-corrected chi connectivity index (χ1v) is 11.2. The second kappa shape index (κ2) is 11.9. The molecule has 154 valence electrons. The molecular weight excluding hydrogens is 402 g/mol. The number of ether oxygens (including phenoxy) is 3. The molecule has 1 fully saturated rings. The number of esters is 2. The van der Waals surface area contributed by atoms with E-state index in [9.17, 15) is 14.4 Å². The van der Waals surface area contributed by atoms with E-state index in [2.05, 4.69) is 5.32 Å². The van der Waals surface area contributed by atoms with Crippen LogP contribution in [0.3, 0.4) is 0 Å². The zero-order valence-electron chi connectivity index (χ0n) is 16.0. The topological polar surface area (TPSA) is 90.9 Å². The van der Waals surface area contributed by atoms with Gasteiger partial charge in [-0.3, -0.25) is 4.79 Å². The lowest BCUT2D eigenvalue weighted by atomic mass is 10.2. The van der Waals surface area contributed by atoms with Crippen molar-refractivity contribution in [3.63, 3.8) is 0 Å². The third kappa shape index (κ3) is 6.94. The van der Waals surface area contributed by atoms with Gasteiger partial charge in [0.2, 0.25) is 6.04 Å². The molecular formula is C19H25NO6S2. The predicted molar refractivity (Wildman–Crippen MR) is 109 cm³/mol. The molecule has 1 amide bonds. The molecule has 1 heterocycles. The van der Waals surface area contributed by atoms with Crippen molar-refractivity contribution in [1.82, 2.24) is 5.32 Å². The molecule has 0 saturated carbocycles. The van der Waals surface area contributed by atoms with Gasteiger partial charge >= 0.3 is 11.9 Å². The lowest BCUT2D eigenvalue weighted by Gasteiger charge is -2.21. The van der Waals surface area contributed by atoms with E-state index in [1.165, 1.54) is 12.0 Å². The Morgan fingerprint density at radius 3 is 2.14 bits per heavy atom. The molecule has 9 heteroatoms. The molecule has 2 rings (SSSR count). The molecule has 1 aliphatic heterocycles. The standard InChI is InChI=1S/C19H25NO6S2/c1-3-24-17(22)16(18(23)25-4-2)20-15(21)12-26-14-8-6-13(7-9-14)19-27-10-5-11-28-19/h6-9,16,19H,3-5,10-12H2,1-2H3,(H,20,21). The maximum absolute atomic E-state index is 12.1. The van der Waals surface area contributed by atoms with E-state index < -0.39 is 23.9 Å². The van der Waals surface area contributed by atoms with Crippen molar-refractivity contribution >= 4 is 41.4 Å². The summed E-state index contributed by atoms with van der Waals surface area (Å²) >= 11 is 3.86. The summed E-state index contributed by atoms with van der Waals surface area (Å²) in [4.78, 5) is 35.8. The SMILES string of the molecule is CCOC(=O)C(NC(=O)COc1ccc(C2SCCCS2)cc1)C(=O)OCC. The highest BCUT2D eigenvalue weighted by atomic mass is 32.2. The average Bonchev–Trinajstić information content (AvgIpc) is 2.72. The van der Waals surface area contributed by atoms with Gasteiger partial charge < -0.3 is 19.5 Å². The van der Waals surface area contributed by atoms with Crippen molar-refractivity contribution < 1.29 is 28.6 Å². The molecule has 28 heavy (non-hydrogen) atoms. The predicted octanol–water partition coefficient (Wildman–Crippen LogP) is 2.55. The number of nitrogens with one attached hydrogen (secondary N) is 1. The van der Waals surface area contributed by atoms with Crippen LogP contribution in [0.1, 0.15) is 30.4 Å². The van der Waals surface area contributed by atoms with Crippen molar-refractivity contribution in [2.45, 2.75) is 30.9 Å². The van der Waals surface area contributed by atoms with Gasteiger partial charge in [-0.2, -0.15) is 0 Å². The quantitative estimate of drug-likeness (QED) is 0.475. The van der Waals surface area contributed by atoms with Crippen LogP contribution in [0.5, 0.6) is 5.75 Å². The number of carbonyl (C=O) groups excluding carboxylic acids is 3. The average molecular weight is 428 g/mol. The fraction of sp³-hybridized carbons (Fsp3) is 0.526. The summed E-state index contributed by atoms with van der Waals surface area (Å²) in [6, 6.07) is 6.10. The van der Waals surface area contributed by atoms with E-state index in [0.29, 0.717) is 10.3 Å². The van der Waals surface area contributed by atoms with Crippen molar-refractivity contribution in [3.8, 4) is 5.75 Å². The summed E-state index contributed by atoms with van der Waals surface area (Å²) in [5.74, 6) is 0.528. The smallest absolute Gasteiger partial charge is 0.340 e. The molecule has 0 bridgehead atoms. The van der Waals surface area contributed by atoms with Gasteiger partial charge in [-0.05, 0) is 49.5 Å². The number of amides is 1. The van der Waals surface area contributed by atoms with Crippen molar-refractivity contribution in [2.75, 3.05) is 31.3 Å². The molecule has 1 saturated heterocycles. The molecule has 0 aliphatic carbocycles. The van der Waals surface area contributed by atoms with Gasteiger partial charge in [0.05, 0.1) is 17.8 Å².